The van der Waals surface area contributed by atoms with Gasteiger partial charge in [-0.25, -0.2) is 5.84 Å². The summed E-state index contributed by atoms with van der Waals surface area (Å²) in [6.45, 7) is 0. The average Bonchev–Trinajstić information content (AvgIpc) is 1.79. The predicted molar refractivity (Wildman–Crippen MR) is 34.7 cm³/mol. The molecule has 1 fully saturated rings. The van der Waals surface area contributed by atoms with E-state index in [0.29, 0.717) is 0 Å². The molecule has 0 aromatic heterocycles. The molecule has 0 saturated heterocycles. The van der Waals surface area contributed by atoms with Crippen molar-refractivity contribution < 1.29 is 4.79 Å². The summed E-state index contributed by atoms with van der Waals surface area (Å²) < 4.78 is 0. The number of nitrogens with two attached hydrogens (primary N) is 1. The summed E-state index contributed by atoms with van der Waals surface area (Å²) in [4.78, 5) is 10.6. The van der Waals surface area contributed by atoms with Gasteiger partial charge in [0, 0.05) is 11.3 Å². The first-order chi connectivity index (χ1) is 4.24. The normalized spacial score (nSPS) is 33.1. The molecule has 4 heteroatoms. The SMILES string of the molecule is NNC(=O)C1CC(Cl)C1. The molecule has 0 unspecified atom stereocenters. The number of rotatable bonds is 1. The van der Waals surface area contributed by atoms with E-state index in [1.807, 2.05) is 0 Å². The van der Waals surface area contributed by atoms with Crippen LogP contribution in [0.5, 0.6) is 0 Å². The van der Waals surface area contributed by atoms with Crippen molar-refractivity contribution >= 4 is 17.5 Å². The number of nitrogens with one attached hydrogen (secondary N) is 1. The molecule has 0 atom stereocenters. The van der Waals surface area contributed by atoms with Gasteiger partial charge in [-0.15, -0.1) is 11.6 Å². The molecule has 9 heavy (non-hydrogen) atoms. The number of alkyl halides is 1. The van der Waals surface area contributed by atoms with Gasteiger partial charge in [0.2, 0.25) is 5.91 Å². The number of amides is 1. The smallest absolute Gasteiger partial charge is 0.237 e. The van der Waals surface area contributed by atoms with Crippen LogP contribution in [0.4, 0.5) is 0 Å². The van der Waals surface area contributed by atoms with Gasteiger partial charge in [-0.05, 0) is 12.8 Å². The van der Waals surface area contributed by atoms with Crippen LogP contribution >= 0.6 is 11.6 Å². The van der Waals surface area contributed by atoms with Crippen molar-refractivity contribution in [2.45, 2.75) is 18.2 Å². The van der Waals surface area contributed by atoms with Crippen molar-refractivity contribution in [2.24, 2.45) is 11.8 Å². The number of carbonyl (C=O) groups excluding carboxylic acids is 1. The highest BCUT2D eigenvalue weighted by molar-refractivity contribution is 6.21. The van der Waals surface area contributed by atoms with Crippen molar-refractivity contribution in [3.63, 3.8) is 0 Å². The third kappa shape index (κ3) is 1.34. The van der Waals surface area contributed by atoms with Crippen LogP contribution in [0.15, 0.2) is 0 Å². The second-order valence-corrected chi connectivity index (χ2v) is 2.89. The Hall–Kier alpha value is -0.280. The Morgan fingerprint density at radius 1 is 1.67 bits per heavy atom. The highest BCUT2D eigenvalue weighted by Crippen LogP contribution is 2.31. The molecular formula is C5H9ClN2O. The van der Waals surface area contributed by atoms with Gasteiger partial charge in [0.1, 0.15) is 0 Å². The lowest BCUT2D eigenvalue weighted by atomic mass is 9.84. The lowest BCUT2D eigenvalue weighted by Gasteiger charge is -2.28. The van der Waals surface area contributed by atoms with E-state index >= 15 is 0 Å². The Kier molecular flexibility index (Phi) is 1.93. The highest BCUT2D eigenvalue weighted by Gasteiger charge is 2.32. The minimum absolute atomic E-state index is 0.0671. The zero-order chi connectivity index (χ0) is 6.85. The first-order valence-corrected chi connectivity index (χ1v) is 3.32. The number of halogens is 1. The Labute approximate surface area is 58.5 Å². The van der Waals surface area contributed by atoms with Gasteiger partial charge in [0.25, 0.3) is 0 Å². The summed E-state index contributed by atoms with van der Waals surface area (Å²) >= 11 is 5.62. The molecule has 0 heterocycles. The van der Waals surface area contributed by atoms with Gasteiger partial charge in [0.15, 0.2) is 0 Å². The molecule has 1 amide bonds. The lowest BCUT2D eigenvalue weighted by Crippen LogP contribution is -2.42. The zero-order valence-corrected chi connectivity index (χ0v) is 5.69. The van der Waals surface area contributed by atoms with Crippen molar-refractivity contribution in [1.82, 2.24) is 5.43 Å². The molecule has 0 aromatic rings. The van der Waals surface area contributed by atoms with Crippen LogP contribution in [0.25, 0.3) is 0 Å². The Bertz CT molecular complexity index is 122. The van der Waals surface area contributed by atoms with E-state index in [1.165, 1.54) is 0 Å². The summed E-state index contributed by atoms with van der Waals surface area (Å²) in [7, 11) is 0. The topological polar surface area (TPSA) is 55.1 Å². The quantitative estimate of drug-likeness (QED) is 0.238. The molecule has 52 valence electrons. The maximum Gasteiger partial charge on any atom is 0.237 e. The zero-order valence-electron chi connectivity index (χ0n) is 4.93. The van der Waals surface area contributed by atoms with E-state index in [0.717, 1.165) is 12.8 Å². The minimum atomic E-state index is -0.0908. The molecule has 0 spiro atoms. The largest absolute Gasteiger partial charge is 0.294 e. The van der Waals surface area contributed by atoms with E-state index < -0.39 is 0 Å². The molecule has 0 aliphatic heterocycles. The third-order valence-electron chi connectivity index (χ3n) is 1.59. The Balaban J connectivity index is 2.23. The number of hydrazine groups is 1. The molecule has 1 saturated carbocycles. The maximum absolute atomic E-state index is 10.6. The van der Waals surface area contributed by atoms with Crippen molar-refractivity contribution in [3.8, 4) is 0 Å². The Morgan fingerprint density at radius 2 is 2.22 bits per heavy atom. The molecule has 1 aliphatic carbocycles. The van der Waals surface area contributed by atoms with Crippen LogP contribution in [0.3, 0.4) is 0 Å². The Morgan fingerprint density at radius 3 is 2.56 bits per heavy atom. The van der Waals surface area contributed by atoms with Crippen LogP contribution in [0.1, 0.15) is 12.8 Å². The molecule has 1 aliphatic rings. The standard InChI is InChI=1S/C5H9ClN2O/c6-4-1-3(2-4)5(9)8-7/h3-4H,1-2,7H2,(H,8,9). The summed E-state index contributed by atoms with van der Waals surface area (Å²) in [5, 5.41) is 0.187. The van der Waals surface area contributed by atoms with Crippen LogP contribution in [0, 0.1) is 5.92 Å². The number of hydrogen-bond acceptors (Lipinski definition) is 2. The molecule has 0 bridgehead atoms. The van der Waals surface area contributed by atoms with Gasteiger partial charge < -0.3 is 0 Å². The fraction of sp³-hybridized carbons (Fsp3) is 0.800. The summed E-state index contributed by atoms with van der Waals surface area (Å²) in [6, 6.07) is 0. The molecule has 1 rings (SSSR count). The fourth-order valence-corrected chi connectivity index (χ4v) is 1.31. The number of carbonyl (C=O) groups is 1. The van der Waals surface area contributed by atoms with Gasteiger partial charge in [-0.2, -0.15) is 0 Å². The van der Waals surface area contributed by atoms with Crippen LogP contribution in [0.2, 0.25) is 0 Å². The van der Waals surface area contributed by atoms with Gasteiger partial charge in [-0.3, -0.25) is 10.2 Å². The summed E-state index contributed by atoms with van der Waals surface area (Å²) in [6.07, 6.45) is 1.54. The molecule has 3 N–H and O–H groups in total. The van der Waals surface area contributed by atoms with Crippen molar-refractivity contribution in [2.75, 3.05) is 0 Å². The summed E-state index contributed by atoms with van der Waals surface area (Å²) in [5.74, 6) is 4.86. The minimum Gasteiger partial charge on any atom is -0.294 e. The first-order valence-electron chi connectivity index (χ1n) is 2.88. The van der Waals surface area contributed by atoms with Crippen LogP contribution in [-0.4, -0.2) is 11.3 Å². The summed E-state index contributed by atoms with van der Waals surface area (Å²) in [5.41, 5.74) is 2.09. The van der Waals surface area contributed by atoms with Gasteiger partial charge in [0.05, 0.1) is 0 Å². The predicted octanol–water partition coefficient (Wildman–Crippen LogP) is -0.00630. The van der Waals surface area contributed by atoms with E-state index in [2.05, 4.69) is 5.43 Å². The van der Waals surface area contributed by atoms with Gasteiger partial charge >= 0.3 is 0 Å². The average molecular weight is 149 g/mol. The highest BCUT2D eigenvalue weighted by atomic mass is 35.5. The maximum atomic E-state index is 10.6. The molecule has 0 radical (unpaired) electrons. The second kappa shape index (κ2) is 2.54. The molecule has 3 nitrogen and oxygen atoms in total. The molecule has 0 aromatic carbocycles. The van der Waals surface area contributed by atoms with Crippen molar-refractivity contribution in [1.29, 1.82) is 0 Å². The van der Waals surface area contributed by atoms with E-state index in [4.69, 9.17) is 17.4 Å². The van der Waals surface area contributed by atoms with Crippen LogP contribution in [-0.2, 0) is 4.79 Å². The van der Waals surface area contributed by atoms with E-state index in [-0.39, 0.29) is 17.2 Å². The monoisotopic (exact) mass is 148 g/mol. The number of hydrogen-bond donors (Lipinski definition) is 2. The van der Waals surface area contributed by atoms with Crippen molar-refractivity contribution in [3.05, 3.63) is 0 Å². The van der Waals surface area contributed by atoms with E-state index in [1.54, 1.807) is 0 Å². The first kappa shape index (κ1) is 6.83. The van der Waals surface area contributed by atoms with E-state index in [9.17, 15) is 4.79 Å². The van der Waals surface area contributed by atoms with Crippen LogP contribution < -0.4 is 11.3 Å². The third-order valence-corrected chi connectivity index (χ3v) is 1.95. The lowest BCUT2D eigenvalue weighted by molar-refractivity contribution is -0.127. The second-order valence-electron chi connectivity index (χ2n) is 2.27. The van der Waals surface area contributed by atoms with Gasteiger partial charge in [-0.1, -0.05) is 0 Å². The molecular weight excluding hydrogens is 140 g/mol. The fourth-order valence-electron chi connectivity index (χ4n) is 0.880.